The van der Waals surface area contributed by atoms with Gasteiger partial charge in [0.25, 0.3) is 0 Å². The van der Waals surface area contributed by atoms with Gasteiger partial charge in [0.05, 0.1) is 11.8 Å². The first kappa shape index (κ1) is 12.7. The third-order valence-corrected chi connectivity index (χ3v) is 2.89. The molecule has 0 spiro atoms. The van der Waals surface area contributed by atoms with E-state index in [2.05, 4.69) is 0 Å². The van der Waals surface area contributed by atoms with Crippen molar-refractivity contribution in [3.63, 3.8) is 0 Å². The van der Waals surface area contributed by atoms with Crippen LogP contribution in [0.25, 0.3) is 5.76 Å². The maximum absolute atomic E-state index is 12.8. The first-order valence-electron chi connectivity index (χ1n) is 5.45. The highest BCUT2D eigenvalue weighted by molar-refractivity contribution is 5.83. The molecule has 2 atom stereocenters. The van der Waals surface area contributed by atoms with Crippen LogP contribution in [0.4, 0.5) is 13.2 Å². The number of hydrogen-bond donors (Lipinski definition) is 0. The number of hydrogen-bond acceptors (Lipinski definition) is 2. The van der Waals surface area contributed by atoms with Gasteiger partial charge < -0.3 is 4.74 Å². The monoisotopic (exact) mass is 256 g/mol. The van der Waals surface area contributed by atoms with Crippen LogP contribution in [0.1, 0.15) is 12.5 Å². The molecule has 5 heteroatoms. The van der Waals surface area contributed by atoms with Crippen molar-refractivity contribution < 1.29 is 22.7 Å². The summed E-state index contributed by atoms with van der Waals surface area (Å²) in [5.41, 5.74) is 0.465. The van der Waals surface area contributed by atoms with Crippen molar-refractivity contribution in [2.24, 2.45) is 11.8 Å². The predicted molar refractivity (Wildman–Crippen MR) is 59.2 cm³/mol. The Kier molecular flexibility index (Phi) is 3.15. The molecule has 0 amide bonds. The maximum atomic E-state index is 12.8. The Morgan fingerprint density at radius 2 is 1.78 bits per heavy atom. The molecule has 0 aromatic heterocycles. The molecule has 0 saturated carbocycles. The third-order valence-electron chi connectivity index (χ3n) is 2.89. The molecule has 1 heterocycles. The van der Waals surface area contributed by atoms with Crippen LogP contribution in [0.2, 0.25) is 0 Å². The minimum Gasteiger partial charge on any atom is -0.426 e. The zero-order valence-electron chi connectivity index (χ0n) is 9.57. The lowest BCUT2D eigenvalue weighted by Gasteiger charge is -2.27. The number of alkyl halides is 3. The Balaban J connectivity index is 2.40. The quantitative estimate of drug-likeness (QED) is 0.720. The SMILES string of the molecule is C[C@@H]1C(=O)OC(c2ccccc2)=C[C@@H]1C(F)(F)F. The van der Waals surface area contributed by atoms with E-state index < -0.39 is 24.0 Å². The summed E-state index contributed by atoms with van der Waals surface area (Å²) in [4.78, 5) is 11.5. The number of ether oxygens (including phenoxy) is 1. The van der Waals surface area contributed by atoms with Crippen molar-refractivity contribution in [1.82, 2.24) is 0 Å². The lowest BCUT2D eigenvalue weighted by Crippen LogP contribution is -2.36. The van der Waals surface area contributed by atoms with Crippen molar-refractivity contribution in [3.8, 4) is 0 Å². The van der Waals surface area contributed by atoms with Crippen LogP contribution in [0, 0.1) is 11.8 Å². The number of carbonyl (C=O) groups excluding carboxylic acids is 1. The maximum Gasteiger partial charge on any atom is 0.396 e. The predicted octanol–water partition coefficient (Wildman–Crippen LogP) is 3.40. The van der Waals surface area contributed by atoms with E-state index in [9.17, 15) is 18.0 Å². The zero-order valence-corrected chi connectivity index (χ0v) is 9.57. The average molecular weight is 256 g/mol. The summed E-state index contributed by atoms with van der Waals surface area (Å²) >= 11 is 0. The minimum atomic E-state index is -4.45. The summed E-state index contributed by atoms with van der Waals surface area (Å²) < 4.78 is 43.3. The summed E-state index contributed by atoms with van der Waals surface area (Å²) in [5, 5.41) is 0. The Bertz CT molecular complexity index is 477. The van der Waals surface area contributed by atoms with E-state index in [1.807, 2.05) is 0 Å². The van der Waals surface area contributed by atoms with E-state index in [0.29, 0.717) is 5.56 Å². The first-order valence-corrected chi connectivity index (χ1v) is 5.45. The van der Waals surface area contributed by atoms with Crippen molar-refractivity contribution in [2.45, 2.75) is 13.1 Å². The Morgan fingerprint density at radius 3 is 2.33 bits per heavy atom. The third kappa shape index (κ3) is 2.39. The van der Waals surface area contributed by atoms with Gasteiger partial charge in [0.2, 0.25) is 0 Å². The van der Waals surface area contributed by atoms with Gasteiger partial charge in [0.1, 0.15) is 5.76 Å². The van der Waals surface area contributed by atoms with E-state index in [4.69, 9.17) is 4.74 Å². The molecule has 0 unspecified atom stereocenters. The number of rotatable bonds is 1. The highest BCUT2D eigenvalue weighted by Crippen LogP contribution is 2.39. The number of carbonyl (C=O) groups is 1. The smallest absolute Gasteiger partial charge is 0.396 e. The van der Waals surface area contributed by atoms with Crippen LogP contribution in [-0.4, -0.2) is 12.1 Å². The van der Waals surface area contributed by atoms with Crippen LogP contribution in [-0.2, 0) is 9.53 Å². The van der Waals surface area contributed by atoms with Crippen LogP contribution >= 0.6 is 0 Å². The van der Waals surface area contributed by atoms with Crippen LogP contribution in [0.5, 0.6) is 0 Å². The van der Waals surface area contributed by atoms with Gasteiger partial charge in [0.15, 0.2) is 0 Å². The first-order chi connectivity index (χ1) is 8.39. The van der Waals surface area contributed by atoms with Crippen molar-refractivity contribution >= 4 is 11.7 Å². The van der Waals surface area contributed by atoms with Gasteiger partial charge in [-0.25, -0.2) is 0 Å². The lowest BCUT2D eigenvalue weighted by molar-refractivity contribution is -0.185. The van der Waals surface area contributed by atoms with Gasteiger partial charge in [-0.15, -0.1) is 0 Å². The van der Waals surface area contributed by atoms with Gasteiger partial charge in [-0.05, 0) is 6.08 Å². The normalized spacial score (nSPS) is 24.4. The Hall–Kier alpha value is -1.78. The van der Waals surface area contributed by atoms with Gasteiger partial charge >= 0.3 is 12.1 Å². The molecule has 1 aliphatic rings. The van der Waals surface area contributed by atoms with Crippen LogP contribution in [0.15, 0.2) is 36.4 Å². The molecule has 0 N–H and O–H groups in total. The fourth-order valence-electron chi connectivity index (χ4n) is 1.82. The second kappa shape index (κ2) is 4.48. The number of cyclic esters (lactones) is 1. The van der Waals surface area contributed by atoms with Gasteiger partial charge in [-0.2, -0.15) is 13.2 Å². The van der Waals surface area contributed by atoms with Crippen molar-refractivity contribution in [1.29, 1.82) is 0 Å². The Morgan fingerprint density at radius 1 is 1.17 bits per heavy atom. The summed E-state index contributed by atoms with van der Waals surface area (Å²) in [7, 11) is 0. The largest absolute Gasteiger partial charge is 0.426 e. The molecule has 96 valence electrons. The standard InChI is InChI=1S/C13H11F3O2/c1-8-10(13(14,15)16)7-11(18-12(8)17)9-5-3-2-4-6-9/h2-8,10H,1H3/t8-,10-/m0/s1. The number of esters is 1. The lowest BCUT2D eigenvalue weighted by atomic mass is 9.90. The number of allylic oxidation sites excluding steroid dienone is 1. The van der Waals surface area contributed by atoms with Gasteiger partial charge in [-0.3, -0.25) is 4.79 Å². The van der Waals surface area contributed by atoms with E-state index in [-0.39, 0.29) is 5.76 Å². The minimum absolute atomic E-state index is 0.0268. The van der Waals surface area contributed by atoms with E-state index >= 15 is 0 Å². The molecule has 1 aromatic carbocycles. The van der Waals surface area contributed by atoms with E-state index in [1.54, 1.807) is 30.3 Å². The molecule has 2 rings (SSSR count). The van der Waals surface area contributed by atoms with Gasteiger partial charge in [-0.1, -0.05) is 37.3 Å². The van der Waals surface area contributed by atoms with Gasteiger partial charge in [0, 0.05) is 5.56 Å². The second-order valence-electron chi connectivity index (χ2n) is 4.17. The van der Waals surface area contributed by atoms with Crippen molar-refractivity contribution in [2.75, 3.05) is 0 Å². The molecule has 0 saturated heterocycles. The summed E-state index contributed by atoms with van der Waals surface area (Å²) in [6.45, 7) is 1.22. The molecule has 18 heavy (non-hydrogen) atoms. The van der Waals surface area contributed by atoms with Crippen molar-refractivity contribution in [3.05, 3.63) is 42.0 Å². The summed E-state index contributed by atoms with van der Waals surface area (Å²) in [6, 6.07) is 8.28. The summed E-state index contributed by atoms with van der Waals surface area (Å²) in [5.74, 6) is -3.88. The van der Waals surface area contributed by atoms with E-state index in [0.717, 1.165) is 6.08 Å². The van der Waals surface area contributed by atoms with Crippen LogP contribution in [0.3, 0.4) is 0 Å². The highest BCUT2D eigenvalue weighted by Gasteiger charge is 2.47. The number of benzene rings is 1. The molecular formula is C13H11F3O2. The topological polar surface area (TPSA) is 26.3 Å². The summed E-state index contributed by atoms with van der Waals surface area (Å²) in [6.07, 6.45) is -3.47. The molecule has 1 aromatic rings. The second-order valence-corrected chi connectivity index (χ2v) is 4.17. The fraction of sp³-hybridized carbons (Fsp3) is 0.308. The molecule has 0 radical (unpaired) electrons. The highest BCUT2D eigenvalue weighted by atomic mass is 19.4. The molecular weight excluding hydrogens is 245 g/mol. The zero-order chi connectivity index (χ0) is 13.3. The molecule has 1 aliphatic heterocycles. The number of halogens is 3. The van der Waals surface area contributed by atoms with E-state index in [1.165, 1.54) is 6.92 Å². The molecule has 0 aliphatic carbocycles. The molecule has 0 fully saturated rings. The molecule has 2 nitrogen and oxygen atoms in total. The average Bonchev–Trinajstić information content (AvgIpc) is 2.32. The van der Waals surface area contributed by atoms with Crippen LogP contribution < -0.4 is 0 Å². The fourth-order valence-corrected chi connectivity index (χ4v) is 1.82. The Labute approximate surface area is 102 Å². The molecule has 0 bridgehead atoms.